The fourth-order valence-electron chi connectivity index (χ4n) is 1.85. The molecule has 0 heterocycles. The van der Waals surface area contributed by atoms with E-state index in [1.807, 2.05) is 31.2 Å². The molecule has 0 saturated carbocycles. The third kappa shape index (κ3) is 6.17. The normalized spacial score (nSPS) is 12.2. The molecule has 3 nitrogen and oxygen atoms in total. The van der Waals surface area contributed by atoms with E-state index < -0.39 is 0 Å². The second-order valence-corrected chi connectivity index (χ2v) is 4.64. The summed E-state index contributed by atoms with van der Waals surface area (Å²) in [7, 11) is 0. The number of alkyl halides is 1. The highest BCUT2D eigenvalue weighted by Gasteiger charge is 2.05. The van der Waals surface area contributed by atoms with Crippen molar-refractivity contribution >= 4 is 11.6 Å². The van der Waals surface area contributed by atoms with Gasteiger partial charge in [-0.3, -0.25) is 0 Å². The van der Waals surface area contributed by atoms with E-state index >= 15 is 0 Å². The van der Waals surface area contributed by atoms with Gasteiger partial charge >= 0.3 is 0 Å². The van der Waals surface area contributed by atoms with Gasteiger partial charge in [-0.25, -0.2) is 0 Å². The van der Waals surface area contributed by atoms with Gasteiger partial charge in [-0.15, -0.1) is 11.6 Å². The smallest absolute Gasteiger partial charge is 0.161 e. The van der Waals surface area contributed by atoms with Gasteiger partial charge in [0, 0.05) is 18.5 Å². The van der Waals surface area contributed by atoms with Crippen molar-refractivity contribution in [1.29, 1.82) is 0 Å². The number of hydrogen-bond acceptors (Lipinski definition) is 3. The number of benzene rings is 1. The van der Waals surface area contributed by atoms with Gasteiger partial charge < -0.3 is 14.8 Å². The molecule has 0 saturated heterocycles. The quantitative estimate of drug-likeness (QED) is 0.527. The van der Waals surface area contributed by atoms with Crippen molar-refractivity contribution in [3.05, 3.63) is 24.3 Å². The molecule has 1 atom stereocenters. The fourth-order valence-corrected chi connectivity index (χ4v) is 2.11. The Hall–Kier alpha value is -0.930. The minimum absolute atomic E-state index is 0.475. The molecule has 0 aromatic heterocycles. The lowest BCUT2D eigenvalue weighted by Crippen LogP contribution is -2.32. The van der Waals surface area contributed by atoms with Gasteiger partial charge in [0.25, 0.3) is 0 Å². The predicted molar refractivity (Wildman–Crippen MR) is 80.5 cm³/mol. The maximum atomic E-state index is 5.75. The fraction of sp³-hybridized carbons (Fsp3) is 0.600. The molecule has 0 amide bonds. The van der Waals surface area contributed by atoms with Gasteiger partial charge in [0.05, 0.1) is 6.61 Å². The summed E-state index contributed by atoms with van der Waals surface area (Å²) in [5.41, 5.74) is 0. The second kappa shape index (κ2) is 9.93. The molecule has 1 aromatic carbocycles. The van der Waals surface area contributed by atoms with E-state index in [4.69, 9.17) is 21.1 Å². The van der Waals surface area contributed by atoms with Crippen molar-refractivity contribution in [3.8, 4) is 11.5 Å². The zero-order valence-corrected chi connectivity index (χ0v) is 12.6. The summed E-state index contributed by atoms with van der Waals surface area (Å²) in [5.74, 6) is 2.30. The maximum absolute atomic E-state index is 5.75. The standard InChI is InChI=1S/C15H24ClNO2/c1-3-13(9-10-16)17-11-12-19-15-8-6-5-7-14(15)18-4-2/h5-8,13,17H,3-4,9-12H2,1-2H3. The monoisotopic (exact) mass is 285 g/mol. The Bertz CT molecular complexity index is 347. The van der Waals surface area contributed by atoms with Gasteiger partial charge in [-0.05, 0) is 31.9 Å². The Morgan fingerprint density at radius 3 is 2.42 bits per heavy atom. The van der Waals surface area contributed by atoms with E-state index in [0.717, 1.165) is 30.9 Å². The Kier molecular flexibility index (Phi) is 8.43. The predicted octanol–water partition coefficient (Wildman–Crippen LogP) is 3.46. The molecule has 1 rings (SSSR count). The number of nitrogens with one attached hydrogen (secondary N) is 1. The molecule has 1 N–H and O–H groups in total. The molecule has 0 aliphatic carbocycles. The van der Waals surface area contributed by atoms with Crippen LogP contribution in [-0.4, -0.2) is 31.7 Å². The van der Waals surface area contributed by atoms with Crippen LogP contribution in [0, 0.1) is 0 Å². The largest absolute Gasteiger partial charge is 0.490 e. The van der Waals surface area contributed by atoms with Crippen molar-refractivity contribution in [2.24, 2.45) is 0 Å². The first-order valence-corrected chi connectivity index (χ1v) is 7.49. The molecule has 0 radical (unpaired) electrons. The third-order valence-corrected chi connectivity index (χ3v) is 3.11. The average Bonchev–Trinajstić information content (AvgIpc) is 2.44. The molecule has 4 heteroatoms. The van der Waals surface area contributed by atoms with Crippen molar-refractivity contribution in [1.82, 2.24) is 5.32 Å². The number of halogens is 1. The van der Waals surface area contributed by atoms with Crippen LogP contribution in [0.3, 0.4) is 0 Å². The van der Waals surface area contributed by atoms with Crippen LogP contribution in [0.15, 0.2) is 24.3 Å². The van der Waals surface area contributed by atoms with Crippen LogP contribution in [-0.2, 0) is 0 Å². The van der Waals surface area contributed by atoms with Gasteiger partial charge in [-0.1, -0.05) is 19.1 Å². The van der Waals surface area contributed by atoms with Crippen LogP contribution >= 0.6 is 11.6 Å². The highest BCUT2D eigenvalue weighted by atomic mass is 35.5. The van der Waals surface area contributed by atoms with E-state index in [9.17, 15) is 0 Å². The molecule has 0 aliphatic rings. The molecule has 1 unspecified atom stereocenters. The first kappa shape index (κ1) is 16.1. The zero-order chi connectivity index (χ0) is 13.9. The Morgan fingerprint density at radius 1 is 1.16 bits per heavy atom. The summed E-state index contributed by atoms with van der Waals surface area (Å²) >= 11 is 5.75. The molecule has 0 aliphatic heterocycles. The zero-order valence-electron chi connectivity index (χ0n) is 11.8. The number of para-hydroxylation sites is 2. The molecule has 0 spiro atoms. The summed E-state index contributed by atoms with van der Waals surface area (Å²) in [6.45, 7) is 6.22. The van der Waals surface area contributed by atoms with Gasteiger partial charge in [0.2, 0.25) is 0 Å². The SMILES string of the molecule is CCOc1ccccc1OCCNC(CC)CCCl. The van der Waals surface area contributed by atoms with E-state index in [-0.39, 0.29) is 0 Å². The second-order valence-electron chi connectivity index (χ2n) is 4.27. The lowest BCUT2D eigenvalue weighted by atomic mass is 10.2. The van der Waals surface area contributed by atoms with Gasteiger partial charge in [0.15, 0.2) is 11.5 Å². The summed E-state index contributed by atoms with van der Waals surface area (Å²) in [5, 5.41) is 3.44. The Morgan fingerprint density at radius 2 is 1.84 bits per heavy atom. The Balaban J connectivity index is 2.32. The topological polar surface area (TPSA) is 30.5 Å². The lowest BCUT2D eigenvalue weighted by molar-refractivity contribution is 0.270. The molecular weight excluding hydrogens is 262 g/mol. The van der Waals surface area contributed by atoms with E-state index in [1.165, 1.54) is 0 Å². The molecule has 108 valence electrons. The van der Waals surface area contributed by atoms with Crippen LogP contribution in [0.1, 0.15) is 26.7 Å². The van der Waals surface area contributed by atoms with Crippen LogP contribution in [0.2, 0.25) is 0 Å². The van der Waals surface area contributed by atoms with Crippen molar-refractivity contribution in [2.45, 2.75) is 32.7 Å². The highest BCUT2D eigenvalue weighted by Crippen LogP contribution is 2.25. The number of hydrogen-bond donors (Lipinski definition) is 1. The summed E-state index contributed by atoms with van der Waals surface area (Å²) in [4.78, 5) is 0. The van der Waals surface area contributed by atoms with Crippen molar-refractivity contribution < 1.29 is 9.47 Å². The van der Waals surface area contributed by atoms with Crippen LogP contribution < -0.4 is 14.8 Å². The number of ether oxygens (including phenoxy) is 2. The van der Waals surface area contributed by atoms with Crippen LogP contribution in [0.4, 0.5) is 0 Å². The first-order valence-electron chi connectivity index (χ1n) is 6.95. The van der Waals surface area contributed by atoms with Gasteiger partial charge in [-0.2, -0.15) is 0 Å². The molecular formula is C15H24ClNO2. The van der Waals surface area contributed by atoms with Gasteiger partial charge in [0.1, 0.15) is 6.61 Å². The minimum atomic E-state index is 0.475. The van der Waals surface area contributed by atoms with Crippen molar-refractivity contribution in [2.75, 3.05) is 25.6 Å². The molecule has 0 fully saturated rings. The number of rotatable bonds is 10. The summed E-state index contributed by atoms with van der Waals surface area (Å²) in [6.07, 6.45) is 2.08. The summed E-state index contributed by atoms with van der Waals surface area (Å²) < 4.78 is 11.3. The highest BCUT2D eigenvalue weighted by molar-refractivity contribution is 6.17. The van der Waals surface area contributed by atoms with Crippen LogP contribution in [0.5, 0.6) is 11.5 Å². The van der Waals surface area contributed by atoms with Crippen molar-refractivity contribution in [3.63, 3.8) is 0 Å². The summed E-state index contributed by atoms with van der Waals surface area (Å²) in [6, 6.07) is 8.23. The first-order chi connectivity index (χ1) is 9.31. The molecule has 1 aromatic rings. The van der Waals surface area contributed by atoms with Crippen LogP contribution in [0.25, 0.3) is 0 Å². The van der Waals surface area contributed by atoms with E-state index in [2.05, 4.69) is 12.2 Å². The van der Waals surface area contributed by atoms with E-state index in [0.29, 0.717) is 25.1 Å². The average molecular weight is 286 g/mol. The Labute approximate surface area is 121 Å². The maximum Gasteiger partial charge on any atom is 0.161 e. The van der Waals surface area contributed by atoms with E-state index in [1.54, 1.807) is 0 Å². The molecule has 0 bridgehead atoms. The molecule has 19 heavy (non-hydrogen) atoms. The minimum Gasteiger partial charge on any atom is -0.490 e. The third-order valence-electron chi connectivity index (χ3n) is 2.89. The lowest BCUT2D eigenvalue weighted by Gasteiger charge is -2.16.